The van der Waals surface area contributed by atoms with E-state index in [0.29, 0.717) is 6.04 Å². The van der Waals surface area contributed by atoms with Crippen molar-refractivity contribution in [1.29, 1.82) is 0 Å². The molecule has 0 aliphatic heterocycles. The third kappa shape index (κ3) is 2.63. The maximum Gasteiger partial charge on any atom is 0.150 e. The summed E-state index contributed by atoms with van der Waals surface area (Å²) in [5, 5.41) is 3.74. The third-order valence-electron chi connectivity index (χ3n) is 4.94. The molecule has 2 saturated carbocycles. The molecule has 4 rings (SSSR count). The predicted octanol–water partition coefficient (Wildman–Crippen LogP) is 5.08. The largest absolute Gasteiger partial charge is 0.455 e. The lowest BCUT2D eigenvalue weighted by molar-refractivity contribution is 0.435. The minimum atomic E-state index is 0.629. The predicted molar refractivity (Wildman–Crippen MR) is 85.8 cm³/mol. The van der Waals surface area contributed by atoms with Gasteiger partial charge < -0.3 is 10.1 Å². The first-order valence-electron chi connectivity index (χ1n) is 7.97. The average molecular weight is 279 g/mol. The molecular formula is C19H21NO. The van der Waals surface area contributed by atoms with Gasteiger partial charge in [-0.3, -0.25) is 0 Å². The van der Waals surface area contributed by atoms with Gasteiger partial charge in [-0.15, -0.1) is 0 Å². The normalized spacial score (nSPS) is 26.8. The number of rotatable bonds is 4. The van der Waals surface area contributed by atoms with Crippen LogP contribution >= 0.6 is 0 Å². The van der Waals surface area contributed by atoms with Gasteiger partial charge in [0.05, 0.1) is 5.69 Å². The van der Waals surface area contributed by atoms with E-state index in [2.05, 4.69) is 17.4 Å². The number of hydrogen-bond acceptors (Lipinski definition) is 2. The van der Waals surface area contributed by atoms with Crippen molar-refractivity contribution in [3.63, 3.8) is 0 Å². The number of nitrogens with one attached hydrogen (secondary N) is 1. The summed E-state index contributed by atoms with van der Waals surface area (Å²) >= 11 is 0. The van der Waals surface area contributed by atoms with Crippen molar-refractivity contribution in [2.75, 3.05) is 5.32 Å². The minimum absolute atomic E-state index is 0.629. The first-order chi connectivity index (χ1) is 10.4. The highest BCUT2D eigenvalue weighted by Crippen LogP contribution is 2.46. The van der Waals surface area contributed by atoms with Gasteiger partial charge in [0.25, 0.3) is 0 Å². The molecule has 0 saturated heterocycles. The fourth-order valence-electron chi connectivity index (χ4n) is 3.91. The van der Waals surface area contributed by atoms with Gasteiger partial charge in [0, 0.05) is 6.04 Å². The van der Waals surface area contributed by atoms with Crippen molar-refractivity contribution in [1.82, 2.24) is 0 Å². The van der Waals surface area contributed by atoms with E-state index in [1.165, 1.54) is 25.7 Å². The lowest BCUT2D eigenvalue weighted by atomic mass is 9.95. The van der Waals surface area contributed by atoms with E-state index in [-0.39, 0.29) is 0 Å². The summed E-state index contributed by atoms with van der Waals surface area (Å²) in [4.78, 5) is 0. The molecule has 2 heteroatoms. The Morgan fingerprint density at radius 3 is 2.43 bits per heavy atom. The second kappa shape index (κ2) is 5.44. The van der Waals surface area contributed by atoms with Crippen molar-refractivity contribution in [3.05, 3.63) is 54.6 Å². The van der Waals surface area contributed by atoms with E-state index < -0.39 is 0 Å². The van der Waals surface area contributed by atoms with Crippen molar-refractivity contribution >= 4 is 5.69 Å². The summed E-state index contributed by atoms with van der Waals surface area (Å²) in [5.74, 6) is 3.63. The van der Waals surface area contributed by atoms with Gasteiger partial charge in [-0.2, -0.15) is 0 Å². The molecule has 2 aliphatic carbocycles. The zero-order chi connectivity index (χ0) is 14.1. The smallest absolute Gasteiger partial charge is 0.150 e. The molecule has 21 heavy (non-hydrogen) atoms. The first-order valence-corrected chi connectivity index (χ1v) is 7.97. The Morgan fingerprint density at radius 1 is 0.857 bits per heavy atom. The highest BCUT2D eigenvalue weighted by molar-refractivity contribution is 5.58. The van der Waals surface area contributed by atoms with Gasteiger partial charge in [-0.1, -0.05) is 36.8 Å². The van der Waals surface area contributed by atoms with Crippen LogP contribution in [0, 0.1) is 11.8 Å². The van der Waals surface area contributed by atoms with Crippen molar-refractivity contribution in [3.8, 4) is 11.5 Å². The van der Waals surface area contributed by atoms with E-state index in [0.717, 1.165) is 29.0 Å². The highest BCUT2D eigenvalue weighted by Gasteiger charge is 2.39. The molecule has 3 unspecified atom stereocenters. The molecule has 2 aromatic rings. The zero-order valence-corrected chi connectivity index (χ0v) is 12.2. The van der Waals surface area contributed by atoms with Crippen molar-refractivity contribution < 1.29 is 4.74 Å². The van der Waals surface area contributed by atoms with Gasteiger partial charge in [-0.05, 0) is 55.4 Å². The molecule has 2 aromatic carbocycles. The van der Waals surface area contributed by atoms with Gasteiger partial charge >= 0.3 is 0 Å². The number of para-hydroxylation sites is 3. The molecule has 2 nitrogen and oxygen atoms in total. The van der Waals surface area contributed by atoms with E-state index in [4.69, 9.17) is 4.74 Å². The molecule has 0 radical (unpaired) electrons. The molecule has 2 bridgehead atoms. The second-order valence-electron chi connectivity index (χ2n) is 6.34. The van der Waals surface area contributed by atoms with Crippen molar-refractivity contribution in [2.24, 2.45) is 11.8 Å². The van der Waals surface area contributed by atoms with Crippen molar-refractivity contribution in [2.45, 2.75) is 31.7 Å². The summed E-state index contributed by atoms with van der Waals surface area (Å²) in [5.41, 5.74) is 1.12. The molecule has 0 spiro atoms. The van der Waals surface area contributed by atoms with Crippen LogP contribution in [0.1, 0.15) is 25.7 Å². The second-order valence-corrected chi connectivity index (χ2v) is 6.34. The molecular weight excluding hydrogens is 258 g/mol. The van der Waals surface area contributed by atoms with Gasteiger partial charge in [0.15, 0.2) is 5.75 Å². The Bertz CT molecular complexity index is 610. The summed E-state index contributed by atoms with van der Waals surface area (Å²) in [6.45, 7) is 0. The molecule has 2 fully saturated rings. The maximum atomic E-state index is 6.04. The summed E-state index contributed by atoms with van der Waals surface area (Å²) < 4.78 is 6.04. The quantitative estimate of drug-likeness (QED) is 0.842. The highest BCUT2D eigenvalue weighted by atomic mass is 16.5. The molecule has 0 amide bonds. The average Bonchev–Trinajstić information content (AvgIpc) is 3.13. The molecule has 2 aliphatic rings. The van der Waals surface area contributed by atoms with Crippen LogP contribution in [0.2, 0.25) is 0 Å². The van der Waals surface area contributed by atoms with Crippen LogP contribution in [-0.4, -0.2) is 6.04 Å². The third-order valence-corrected chi connectivity index (χ3v) is 4.94. The monoisotopic (exact) mass is 279 g/mol. The number of fused-ring (bicyclic) bond motifs is 2. The topological polar surface area (TPSA) is 21.3 Å². The minimum Gasteiger partial charge on any atom is -0.455 e. The summed E-state index contributed by atoms with van der Waals surface area (Å²) in [6, 6.07) is 18.9. The van der Waals surface area contributed by atoms with Gasteiger partial charge in [0.2, 0.25) is 0 Å². The van der Waals surface area contributed by atoms with E-state index in [9.17, 15) is 0 Å². The van der Waals surface area contributed by atoms with E-state index in [1.807, 2.05) is 42.5 Å². The van der Waals surface area contributed by atoms with E-state index in [1.54, 1.807) is 0 Å². The van der Waals surface area contributed by atoms with Crippen LogP contribution in [0.5, 0.6) is 11.5 Å². The SMILES string of the molecule is c1ccc(Oc2ccccc2NC2CC3CCC2C3)cc1. The number of hydrogen-bond donors (Lipinski definition) is 1. The van der Waals surface area contributed by atoms with Gasteiger partial charge in [-0.25, -0.2) is 0 Å². The van der Waals surface area contributed by atoms with Crippen LogP contribution in [0.3, 0.4) is 0 Å². The Morgan fingerprint density at radius 2 is 1.67 bits per heavy atom. The Hall–Kier alpha value is -1.96. The fraction of sp³-hybridized carbons (Fsp3) is 0.368. The standard InChI is InChI=1S/C19H21NO/c1-2-6-16(7-3-1)21-19-9-5-4-8-17(19)20-18-13-14-10-11-15(18)12-14/h1-9,14-15,18,20H,10-13H2. The van der Waals surface area contributed by atoms with Crippen LogP contribution in [-0.2, 0) is 0 Å². The number of benzene rings is 2. The number of anilines is 1. The van der Waals surface area contributed by atoms with Crippen LogP contribution in [0.15, 0.2) is 54.6 Å². The molecule has 0 aromatic heterocycles. The van der Waals surface area contributed by atoms with Crippen LogP contribution in [0.25, 0.3) is 0 Å². The zero-order valence-electron chi connectivity index (χ0n) is 12.2. The summed E-state index contributed by atoms with van der Waals surface area (Å²) in [6.07, 6.45) is 5.57. The van der Waals surface area contributed by atoms with E-state index >= 15 is 0 Å². The summed E-state index contributed by atoms with van der Waals surface area (Å²) in [7, 11) is 0. The lowest BCUT2D eigenvalue weighted by Crippen LogP contribution is -2.25. The Balaban J connectivity index is 1.52. The Kier molecular flexibility index (Phi) is 3.30. The van der Waals surface area contributed by atoms with Gasteiger partial charge in [0.1, 0.15) is 5.75 Å². The van der Waals surface area contributed by atoms with Crippen LogP contribution < -0.4 is 10.1 Å². The fourth-order valence-corrected chi connectivity index (χ4v) is 3.91. The molecule has 3 atom stereocenters. The molecule has 108 valence electrons. The Labute approximate surface area is 126 Å². The van der Waals surface area contributed by atoms with Crippen LogP contribution in [0.4, 0.5) is 5.69 Å². The number of ether oxygens (including phenoxy) is 1. The lowest BCUT2D eigenvalue weighted by Gasteiger charge is -2.25. The first kappa shape index (κ1) is 12.8. The maximum absolute atomic E-state index is 6.04. The molecule has 1 N–H and O–H groups in total. The molecule has 0 heterocycles.